The summed E-state index contributed by atoms with van der Waals surface area (Å²) in [5, 5.41) is 27.9. The molecule has 0 bridgehead atoms. The first-order valence-corrected chi connectivity index (χ1v) is 32.2. The number of primary amides is 1. The lowest BCUT2D eigenvalue weighted by Gasteiger charge is -2.30. The van der Waals surface area contributed by atoms with Crippen LogP contribution in [-0.2, 0) is 59.2 Å². The van der Waals surface area contributed by atoms with E-state index in [-0.39, 0.29) is 121 Å². The van der Waals surface area contributed by atoms with Crippen LogP contribution in [0.2, 0.25) is 0 Å². The largest absolute Gasteiger partial charge is 0.370 e. The summed E-state index contributed by atoms with van der Waals surface area (Å²) < 4.78 is 0. The zero-order valence-electron chi connectivity index (χ0n) is 53.7. The lowest BCUT2D eigenvalue weighted by molar-refractivity contribution is -0.137. The minimum Gasteiger partial charge on any atom is -0.370 e. The van der Waals surface area contributed by atoms with Crippen molar-refractivity contribution in [3.8, 4) is 0 Å². The van der Waals surface area contributed by atoms with E-state index >= 15 is 0 Å². The van der Waals surface area contributed by atoms with Crippen molar-refractivity contribution in [1.29, 1.82) is 0 Å². The summed E-state index contributed by atoms with van der Waals surface area (Å²) in [4.78, 5) is 158. The Morgan fingerprint density at radius 1 is 0.326 bits per heavy atom. The van der Waals surface area contributed by atoms with Crippen LogP contribution in [-0.4, -0.2) is 158 Å². The monoisotopic (exact) mass is 1250 g/mol. The van der Waals surface area contributed by atoms with Gasteiger partial charge in [-0.2, -0.15) is 0 Å². The lowest BCUT2D eigenvalue weighted by Crippen LogP contribution is -2.61. The van der Waals surface area contributed by atoms with Crippen LogP contribution in [0.15, 0.2) is 30.3 Å². The molecule has 1 aliphatic rings. The van der Waals surface area contributed by atoms with E-state index in [4.69, 9.17) is 34.4 Å². The van der Waals surface area contributed by atoms with Crippen LogP contribution in [0.4, 0.5) is 0 Å². The van der Waals surface area contributed by atoms with Crippen LogP contribution >= 0.6 is 0 Å². The summed E-state index contributed by atoms with van der Waals surface area (Å²) in [6, 6.07) is -4.29. The van der Waals surface area contributed by atoms with Gasteiger partial charge < -0.3 is 87.6 Å². The molecule has 0 unspecified atom stereocenters. The van der Waals surface area contributed by atoms with Crippen LogP contribution in [0.5, 0.6) is 0 Å². The number of amides is 11. The minimum absolute atomic E-state index is 0.0200. The van der Waals surface area contributed by atoms with Gasteiger partial charge in [0.05, 0.1) is 0 Å². The Morgan fingerprint density at radius 2 is 0.539 bits per heavy atom. The van der Waals surface area contributed by atoms with Gasteiger partial charge in [0, 0.05) is 12.8 Å². The first-order valence-electron chi connectivity index (χ1n) is 32.2. The molecule has 1 aromatic rings. The maximum Gasteiger partial charge on any atom is 0.243 e. The van der Waals surface area contributed by atoms with Crippen molar-refractivity contribution >= 4 is 65.0 Å². The molecule has 0 saturated carbocycles. The first kappa shape index (κ1) is 78.3. The average Bonchev–Trinajstić information content (AvgIpc) is 3.54. The van der Waals surface area contributed by atoms with Crippen LogP contribution in [0.3, 0.4) is 0 Å². The number of carbonyl (C=O) groups is 11. The summed E-state index contributed by atoms with van der Waals surface area (Å²) in [5.74, 6) is -9.15. The molecule has 1 saturated heterocycles. The van der Waals surface area contributed by atoms with E-state index < -0.39 is 125 Å². The Bertz CT molecular complexity index is 2370. The topological polar surface area (TPSA) is 464 Å². The first-order chi connectivity index (χ1) is 42.4. The summed E-state index contributed by atoms with van der Waals surface area (Å²) in [6.45, 7) is 12.2. The Morgan fingerprint density at radius 3 is 0.775 bits per heavy atom. The molecule has 1 aliphatic heterocycles. The van der Waals surface area contributed by atoms with Gasteiger partial charge in [0.2, 0.25) is 65.0 Å². The molecule has 1 aromatic carbocycles. The van der Waals surface area contributed by atoms with Gasteiger partial charge in [-0.1, -0.05) is 71.9 Å². The molecule has 0 aromatic heterocycles. The third kappa shape index (κ3) is 31.5. The van der Waals surface area contributed by atoms with E-state index in [1.807, 2.05) is 27.7 Å². The molecule has 22 N–H and O–H groups in total. The van der Waals surface area contributed by atoms with Crippen molar-refractivity contribution in [3.05, 3.63) is 35.9 Å². The Balaban J connectivity index is 3.01. The molecule has 2 rings (SSSR count). The van der Waals surface area contributed by atoms with Gasteiger partial charge in [0.15, 0.2) is 0 Å². The van der Waals surface area contributed by atoms with Crippen molar-refractivity contribution in [1.82, 2.24) is 53.2 Å². The number of unbranched alkanes of at least 4 members (excludes halogenated alkanes) is 5. The Kier molecular flexibility index (Phi) is 38.5. The Hall–Kier alpha value is -6.81. The third-order valence-corrected chi connectivity index (χ3v) is 15.1. The standard InChI is InChI=1S/C62H110N16O11/c1-38(2)34-48-59(86)72-44(24-12-17-31-65)55(82)74-47(27-28-52(68)79)58(85)77-49(35-39(3)4)60(87)71-43(23-11-16-30-64)54(81)69-42(22-10-15-29-63)53(80)70-45(25-13-18-32-66)56(83)76-50(36-40(5)6)61(88)78-51(37-41-20-8-7-9-21-41)62(89)73-46(57(84)75-48)26-14-19-33-67/h7-9,20-21,38-40,42-51H,10-19,22-37,63-67H2,1-6H3,(H2,68,79)(H,69,81)(H,70,80)(H,71,87)(H,72,86)(H,73,89)(H,74,82)(H,75,84)(H,76,83)(H,77,85)(H,78,88)/t42-,43-,44-,45-,46-,47-,48-,49-,50-,51-/m0/s1. The maximum atomic E-state index is 14.8. The molecule has 89 heavy (non-hydrogen) atoms. The van der Waals surface area contributed by atoms with E-state index in [1.165, 1.54) is 0 Å². The normalized spacial score (nSPS) is 23.9. The van der Waals surface area contributed by atoms with Crippen LogP contribution in [0.1, 0.15) is 176 Å². The molecule has 27 nitrogen and oxygen atoms in total. The second kappa shape index (κ2) is 43.8. The van der Waals surface area contributed by atoms with Crippen LogP contribution in [0.25, 0.3) is 0 Å². The highest BCUT2D eigenvalue weighted by atomic mass is 16.2. The summed E-state index contributed by atoms with van der Waals surface area (Å²) in [6.07, 6.45) is 3.81. The van der Waals surface area contributed by atoms with Gasteiger partial charge in [-0.25, -0.2) is 0 Å². The van der Waals surface area contributed by atoms with Crippen molar-refractivity contribution < 1.29 is 52.7 Å². The summed E-state index contributed by atoms with van der Waals surface area (Å²) in [5.41, 5.74) is 35.5. The van der Waals surface area contributed by atoms with E-state index in [0.29, 0.717) is 69.8 Å². The summed E-state index contributed by atoms with van der Waals surface area (Å²) in [7, 11) is 0. The number of hydrogen-bond donors (Lipinski definition) is 16. The number of nitrogens with two attached hydrogens (primary N) is 6. The molecule has 1 fully saturated rings. The van der Waals surface area contributed by atoms with Crippen molar-refractivity contribution in [3.63, 3.8) is 0 Å². The lowest BCUT2D eigenvalue weighted by atomic mass is 9.99. The molecule has 0 spiro atoms. The fourth-order valence-corrected chi connectivity index (χ4v) is 10.3. The van der Waals surface area contributed by atoms with Gasteiger partial charge in [0.25, 0.3) is 0 Å². The molecule has 27 heteroatoms. The molecule has 10 atom stereocenters. The number of benzene rings is 1. The van der Waals surface area contributed by atoms with Gasteiger partial charge in [-0.05, 0) is 178 Å². The Labute approximate surface area is 526 Å². The zero-order valence-corrected chi connectivity index (χ0v) is 53.7. The van der Waals surface area contributed by atoms with Gasteiger partial charge in [-0.3, -0.25) is 52.7 Å². The molecule has 1 heterocycles. The maximum absolute atomic E-state index is 14.8. The fourth-order valence-electron chi connectivity index (χ4n) is 10.3. The molecular formula is C62H110N16O11. The molecular weight excluding hydrogens is 1140 g/mol. The van der Waals surface area contributed by atoms with Gasteiger partial charge >= 0.3 is 0 Å². The highest BCUT2D eigenvalue weighted by Crippen LogP contribution is 2.16. The second-order valence-electron chi connectivity index (χ2n) is 24.6. The van der Waals surface area contributed by atoms with Crippen molar-refractivity contribution in [2.24, 2.45) is 52.2 Å². The van der Waals surface area contributed by atoms with E-state index in [9.17, 15) is 52.7 Å². The minimum atomic E-state index is -1.50. The van der Waals surface area contributed by atoms with Gasteiger partial charge in [0.1, 0.15) is 60.4 Å². The predicted octanol–water partition coefficient (Wildman–Crippen LogP) is -0.861. The number of nitrogens with one attached hydrogen (secondary N) is 10. The molecule has 504 valence electrons. The average molecular weight is 1260 g/mol. The van der Waals surface area contributed by atoms with Crippen LogP contribution < -0.4 is 87.6 Å². The smallest absolute Gasteiger partial charge is 0.243 e. The van der Waals surface area contributed by atoms with E-state index in [2.05, 4.69) is 53.2 Å². The number of hydrogen-bond acceptors (Lipinski definition) is 16. The zero-order chi connectivity index (χ0) is 66.4. The van der Waals surface area contributed by atoms with Crippen molar-refractivity contribution in [2.75, 3.05) is 32.7 Å². The number of carbonyl (C=O) groups excluding carboxylic acids is 11. The fraction of sp³-hybridized carbons (Fsp3) is 0.726. The van der Waals surface area contributed by atoms with Crippen molar-refractivity contribution in [2.45, 2.75) is 237 Å². The highest BCUT2D eigenvalue weighted by molar-refractivity contribution is 5.99. The SMILES string of the molecule is CC(C)C[C@@H]1NC(=O)[C@H](CCC(N)=O)NC(=O)[C@H](CCCCN)NC(=O)[C@H](CC(C)C)NC(=O)[C@H](CCCCN)NC(=O)[C@H](Cc2ccccc2)NC(=O)[C@H](CC(C)C)NC(=O)[C@H](CCCCN)NC(=O)[C@H](CCCCN)NC(=O)[C@H](CCCCN)NC1=O. The molecule has 0 aliphatic carbocycles. The van der Waals surface area contributed by atoms with E-state index in [1.54, 1.807) is 44.2 Å². The van der Waals surface area contributed by atoms with Gasteiger partial charge in [-0.15, -0.1) is 0 Å². The highest BCUT2D eigenvalue weighted by Gasteiger charge is 2.37. The predicted molar refractivity (Wildman–Crippen MR) is 341 cm³/mol. The number of rotatable bonds is 31. The molecule has 11 amide bonds. The van der Waals surface area contributed by atoms with E-state index in [0.717, 1.165) is 0 Å². The van der Waals surface area contributed by atoms with Crippen LogP contribution in [0, 0.1) is 17.8 Å². The quantitative estimate of drug-likeness (QED) is 0.0402. The second-order valence-corrected chi connectivity index (χ2v) is 24.6. The third-order valence-electron chi connectivity index (χ3n) is 15.1. The molecule has 0 radical (unpaired) electrons. The summed E-state index contributed by atoms with van der Waals surface area (Å²) >= 11 is 0.